The molecule has 0 aromatic carbocycles. The Balaban J connectivity index is 0.00000625. The van der Waals surface area contributed by atoms with Gasteiger partial charge >= 0.3 is 6.09 Å². The fourth-order valence-corrected chi connectivity index (χ4v) is 2.76. The quantitative estimate of drug-likeness (QED) is 0.307. The fourth-order valence-electron chi connectivity index (χ4n) is 2.76. The summed E-state index contributed by atoms with van der Waals surface area (Å²) in [5, 5.41) is 9.56. The van der Waals surface area contributed by atoms with E-state index in [1.165, 1.54) is 13.0 Å². The molecular formula is C18H38IN5O2. The van der Waals surface area contributed by atoms with E-state index in [0.29, 0.717) is 12.5 Å². The smallest absolute Gasteiger partial charge is 0.408 e. The Kier molecular flexibility index (Phi) is 10.8. The molecule has 1 rings (SSSR count). The van der Waals surface area contributed by atoms with Gasteiger partial charge in [-0.2, -0.15) is 0 Å². The number of carbonyl (C=O) groups excluding carboxylic acids is 1. The first-order chi connectivity index (χ1) is 11.5. The zero-order chi connectivity index (χ0) is 19.1. The van der Waals surface area contributed by atoms with Gasteiger partial charge in [-0.1, -0.05) is 6.92 Å². The van der Waals surface area contributed by atoms with Gasteiger partial charge in [0.25, 0.3) is 0 Å². The van der Waals surface area contributed by atoms with Crippen molar-refractivity contribution in [1.29, 1.82) is 0 Å². The Labute approximate surface area is 176 Å². The van der Waals surface area contributed by atoms with Crippen LogP contribution in [0, 0.1) is 5.92 Å². The minimum Gasteiger partial charge on any atom is -0.444 e. The maximum Gasteiger partial charge on any atom is 0.408 e. The van der Waals surface area contributed by atoms with Gasteiger partial charge < -0.3 is 25.6 Å². The van der Waals surface area contributed by atoms with E-state index in [0.717, 1.165) is 25.6 Å². The van der Waals surface area contributed by atoms with Crippen molar-refractivity contribution < 1.29 is 9.53 Å². The van der Waals surface area contributed by atoms with Crippen molar-refractivity contribution in [1.82, 2.24) is 20.9 Å². The summed E-state index contributed by atoms with van der Waals surface area (Å²) >= 11 is 0. The number of halogens is 1. The topological polar surface area (TPSA) is 78.0 Å². The van der Waals surface area contributed by atoms with Crippen molar-refractivity contribution in [3.8, 4) is 0 Å². The second-order valence-electron chi connectivity index (χ2n) is 8.37. The molecule has 0 aliphatic carbocycles. The molecule has 1 unspecified atom stereocenters. The highest BCUT2D eigenvalue weighted by Gasteiger charge is 2.25. The summed E-state index contributed by atoms with van der Waals surface area (Å²) in [7, 11) is 1.76. The first kappa shape index (κ1) is 25.2. The lowest BCUT2D eigenvalue weighted by Crippen LogP contribution is -2.54. The van der Waals surface area contributed by atoms with Crippen molar-refractivity contribution in [3.63, 3.8) is 0 Å². The fraction of sp³-hybridized carbons (Fsp3) is 0.889. The van der Waals surface area contributed by atoms with Gasteiger partial charge in [-0.05, 0) is 60.0 Å². The van der Waals surface area contributed by atoms with Crippen LogP contribution in [0.1, 0.15) is 48.0 Å². The van der Waals surface area contributed by atoms with Crippen molar-refractivity contribution in [2.24, 2.45) is 10.9 Å². The molecule has 1 amide bonds. The van der Waals surface area contributed by atoms with Crippen LogP contribution in [0.15, 0.2) is 4.99 Å². The summed E-state index contributed by atoms with van der Waals surface area (Å²) in [5.74, 6) is 1.42. The second kappa shape index (κ2) is 11.2. The predicted octanol–water partition coefficient (Wildman–Crippen LogP) is 2.41. The number of alkyl carbamates (subject to hydrolysis) is 1. The number of ether oxygens (including phenoxy) is 1. The minimum absolute atomic E-state index is 0. The number of hydrogen-bond donors (Lipinski definition) is 3. The van der Waals surface area contributed by atoms with Crippen LogP contribution in [0.25, 0.3) is 0 Å². The third-order valence-electron chi connectivity index (χ3n) is 4.14. The van der Waals surface area contributed by atoms with Crippen LogP contribution in [-0.2, 0) is 4.74 Å². The van der Waals surface area contributed by atoms with E-state index >= 15 is 0 Å². The standard InChI is InChI=1S/C18H37N5O2.HI/c1-8-23-10-9-14(12-23)11-20-15(19-7)21-13-18(5,6)22-16(24)25-17(2,3)4;/h14H,8-13H2,1-7H3,(H,22,24)(H2,19,20,21);1H. The molecule has 1 fully saturated rings. The summed E-state index contributed by atoms with van der Waals surface area (Å²) in [5.41, 5.74) is -0.953. The number of rotatable bonds is 6. The van der Waals surface area contributed by atoms with E-state index in [2.05, 4.69) is 32.8 Å². The lowest BCUT2D eigenvalue weighted by atomic mass is 10.1. The molecule has 1 heterocycles. The van der Waals surface area contributed by atoms with Gasteiger partial charge in [0.1, 0.15) is 5.60 Å². The summed E-state index contributed by atoms with van der Waals surface area (Å²) in [6.07, 6.45) is 0.816. The lowest BCUT2D eigenvalue weighted by Gasteiger charge is -2.29. The molecule has 7 nitrogen and oxygen atoms in total. The van der Waals surface area contributed by atoms with Crippen LogP contribution < -0.4 is 16.0 Å². The SMILES string of the molecule is CCN1CCC(CNC(=NC)NCC(C)(C)NC(=O)OC(C)(C)C)C1.I. The van der Waals surface area contributed by atoms with Crippen LogP contribution >= 0.6 is 24.0 Å². The molecule has 0 aromatic heterocycles. The highest BCUT2D eigenvalue weighted by Crippen LogP contribution is 2.14. The number of amides is 1. The Morgan fingerprint density at radius 2 is 1.88 bits per heavy atom. The molecule has 1 aliphatic heterocycles. The van der Waals surface area contributed by atoms with Crippen molar-refractivity contribution >= 4 is 36.0 Å². The molecule has 0 aromatic rings. The highest BCUT2D eigenvalue weighted by molar-refractivity contribution is 14.0. The number of nitrogens with zero attached hydrogens (tertiary/aromatic N) is 2. The van der Waals surface area contributed by atoms with E-state index in [-0.39, 0.29) is 24.0 Å². The molecule has 8 heteroatoms. The zero-order valence-corrected chi connectivity index (χ0v) is 19.8. The van der Waals surface area contributed by atoms with Gasteiger partial charge in [-0.3, -0.25) is 4.99 Å². The van der Waals surface area contributed by atoms with Gasteiger partial charge in [0.2, 0.25) is 0 Å². The molecule has 1 aliphatic rings. The van der Waals surface area contributed by atoms with E-state index in [1.54, 1.807) is 7.05 Å². The molecule has 1 saturated heterocycles. The van der Waals surface area contributed by atoms with Crippen molar-refractivity contribution in [2.45, 2.75) is 59.1 Å². The number of carbonyl (C=O) groups is 1. The van der Waals surface area contributed by atoms with E-state index in [4.69, 9.17) is 4.74 Å². The Bertz CT molecular complexity index is 463. The number of nitrogens with one attached hydrogen (secondary N) is 3. The van der Waals surface area contributed by atoms with E-state index < -0.39 is 17.2 Å². The average molecular weight is 483 g/mol. The molecule has 3 N–H and O–H groups in total. The molecule has 1 atom stereocenters. The summed E-state index contributed by atoms with van der Waals surface area (Å²) in [6.45, 7) is 16.6. The van der Waals surface area contributed by atoms with Gasteiger partial charge in [-0.25, -0.2) is 4.79 Å². The molecule has 154 valence electrons. The van der Waals surface area contributed by atoms with Crippen LogP contribution in [0.5, 0.6) is 0 Å². The largest absolute Gasteiger partial charge is 0.444 e. The third-order valence-corrected chi connectivity index (χ3v) is 4.14. The minimum atomic E-state index is -0.501. The van der Waals surface area contributed by atoms with Gasteiger partial charge in [-0.15, -0.1) is 24.0 Å². The molecule has 0 spiro atoms. The lowest BCUT2D eigenvalue weighted by molar-refractivity contribution is 0.0474. The molecule has 26 heavy (non-hydrogen) atoms. The van der Waals surface area contributed by atoms with Gasteiger partial charge in [0, 0.05) is 26.7 Å². The Morgan fingerprint density at radius 3 is 2.38 bits per heavy atom. The molecule has 0 saturated carbocycles. The maximum atomic E-state index is 11.9. The number of likely N-dealkylation sites (tertiary alicyclic amines) is 1. The Morgan fingerprint density at radius 1 is 1.23 bits per heavy atom. The van der Waals surface area contributed by atoms with Gasteiger partial charge in [0.05, 0.1) is 5.54 Å². The van der Waals surface area contributed by atoms with Crippen LogP contribution in [0.2, 0.25) is 0 Å². The maximum absolute atomic E-state index is 11.9. The zero-order valence-electron chi connectivity index (χ0n) is 17.4. The Hall–Kier alpha value is -0.770. The van der Waals surface area contributed by atoms with Crippen LogP contribution in [-0.4, -0.2) is 67.9 Å². The highest BCUT2D eigenvalue weighted by atomic mass is 127. The van der Waals surface area contributed by atoms with E-state index in [1.807, 2.05) is 34.6 Å². The summed E-state index contributed by atoms with van der Waals surface area (Å²) < 4.78 is 5.31. The predicted molar refractivity (Wildman–Crippen MR) is 118 cm³/mol. The first-order valence-electron chi connectivity index (χ1n) is 9.22. The van der Waals surface area contributed by atoms with E-state index in [9.17, 15) is 4.79 Å². The monoisotopic (exact) mass is 483 g/mol. The van der Waals surface area contributed by atoms with Crippen molar-refractivity contribution in [3.05, 3.63) is 0 Å². The molecule has 0 radical (unpaired) electrons. The average Bonchev–Trinajstić information content (AvgIpc) is 2.92. The second-order valence-corrected chi connectivity index (χ2v) is 8.37. The third kappa shape index (κ3) is 10.4. The van der Waals surface area contributed by atoms with Crippen LogP contribution in [0.3, 0.4) is 0 Å². The van der Waals surface area contributed by atoms with Crippen molar-refractivity contribution in [2.75, 3.05) is 39.8 Å². The van der Waals surface area contributed by atoms with Gasteiger partial charge in [0.15, 0.2) is 5.96 Å². The molecule has 0 bridgehead atoms. The van der Waals surface area contributed by atoms with Crippen LogP contribution in [0.4, 0.5) is 4.79 Å². The number of guanidine groups is 1. The normalized spacial score (nSPS) is 18.9. The number of aliphatic imine (C=N–C) groups is 1. The summed E-state index contributed by atoms with van der Waals surface area (Å²) in [6, 6.07) is 0. The first-order valence-corrected chi connectivity index (χ1v) is 9.22. The number of hydrogen-bond acceptors (Lipinski definition) is 4. The summed E-state index contributed by atoms with van der Waals surface area (Å²) in [4.78, 5) is 18.7. The molecular weight excluding hydrogens is 445 g/mol.